The van der Waals surface area contributed by atoms with Crippen LogP contribution in [0.3, 0.4) is 0 Å². The minimum absolute atomic E-state index is 0.00437. The summed E-state index contributed by atoms with van der Waals surface area (Å²) in [5.41, 5.74) is 1.12. The van der Waals surface area contributed by atoms with E-state index in [0.29, 0.717) is 16.5 Å². The largest absolute Gasteiger partial charge is 0.452 e. The summed E-state index contributed by atoms with van der Waals surface area (Å²) in [6.07, 6.45) is 1.78. The molecular formula is C18H26N2O4S. The molecule has 1 fully saturated rings. The van der Waals surface area contributed by atoms with Crippen LogP contribution in [0, 0.1) is 25.7 Å². The number of carbonyl (C=O) groups is 3. The third-order valence-electron chi connectivity index (χ3n) is 4.50. The number of hydrogen-bond donors (Lipinski definition) is 2. The molecule has 1 unspecified atom stereocenters. The van der Waals surface area contributed by atoms with Crippen LogP contribution < -0.4 is 10.6 Å². The van der Waals surface area contributed by atoms with Gasteiger partial charge >= 0.3 is 5.97 Å². The second-order valence-electron chi connectivity index (χ2n) is 6.93. The summed E-state index contributed by atoms with van der Waals surface area (Å²) in [5.74, 6) is -0.623. The van der Waals surface area contributed by atoms with Crippen molar-refractivity contribution >= 4 is 34.1 Å². The zero-order valence-electron chi connectivity index (χ0n) is 15.4. The van der Waals surface area contributed by atoms with Crippen LogP contribution in [0.1, 0.15) is 54.4 Å². The quantitative estimate of drug-likeness (QED) is 0.727. The third-order valence-corrected chi connectivity index (χ3v) is 5.62. The number of amides is 2. The summed E-state index contributed by atoms with van der Waals surface area (Å²) in [5, 5.41) is 6.13. The average Bonchev–Trinajstić information content (AvgIpc) is 3.33. The minimum Gasteiger partial charge on any atom is -0.452 e. The Kier molecular flexibility index (Phi) is 6.21. The number of ether oxygens (including phenoxy) is 1. The van der Waals surface area contributed by atoms with E-state index in [9.17, 15) is 14.4 Å². The van der Waals surface area contributed by atoms with Gasteiger partial charge in [-0.2, -0.15) is 0 Å². The Morgan fingerprint density at radius 1 is 1.20 bits per heavy atom. The van der Waals surface area contributed by atoms with Gasteiger partial charge in [0.05, 0.1) is 5.56 Å². The van der Waals surface area contributed by atoms with Gasteiger partial charge in [0.25, 0.3) is 5.91 Å². The highest BCUT2D eigenvalue weighted by molar-refractivity contribution is 7.16. The molecule has 1 aliphatic rings. The van der Waals surface area contributed by atoms with Crippen molar-refractivity contribution in [1.82, 2.24) is 5.32 Å². The van der Waals surface area contributed by atoms with Crippen molar-refractivity contribution in [2.45, 2.75) is 53.5 Å². The van der Waals surface area contributed by atoms with Crippen LogP contribution in [0.2, 0.25) is 0 Å². The summed E-state index contributed by atoms with van der Waals surface area (Å²) in [4.78, 5) is 37.3. The number of rotatable bonds is 7. The van der Waals surface area contributed by atoms with Gasteiger partial charge in [-0.05, 0) is 45.1 Å². The van der Waals surface area contributed by atoms with Crippen molar-refractivity contribution in [1.29, 1.82) is 0 Å². The van der Waals surface area contributed by atoms with Crippen LogP contribution in [0.4, 0.5) is 5.00 Å². The van der Waals surface area contributed by atoms with Crippen LogP contribution in [-0.2, 0) is 14.3 Å². The van der Waals surface area contributed by atoms with E-state index in [1.807, 2.05) is 34.6 Å². The van der Waals surface area contributed by atoms with Gasteiger partial charge in [-0.15, -0.1) is 11.3 Å². The summed E-state index contributed by atoms with van der Waals surface area (Å²) in [6.45, 7) is 9.28. The van der Waals surface area contributed by atoms with Gasteiger partial charge in [0.2, 0.25) is 5.91 Å². The molecule has 2 N–H and O–H groups in total. The summed E-state index contributed by atoms with van der Waals surface area (Å²) < 4.78 is 5.17. The molecule has 1 aromatic rings. The fourth-order valence-corrected chi connectivity index (χ4v) is 3.24. The van der Waals surface area contributed by atoms with E-state index in [2.05, 4.69) is 10.6 Å². The minimum atomic E-state index is -0.583. The first-order valence-electron chi connectivity index (χ1n) is 8.58. The number of aryl methyl sites for hydroxylation is 1. The van der Waals surface area contributed by atoms with Crippen molar-refractivity contribution in [2.24, 2.45) is 11.8 Å². The molecular weight excluding hydrogens is 340 g/mol. The lowest BCUT2D eigenvalue weighted by atomic mass is 10.1. The molecule has 0 aliphatic heterocycles. The van der Waals surface area contributed by atoms with Gasteiger partial charge in [0, 0.05) is 16.8 Å². The van der Waals surface area contributed by atoms with Crippen molar-refractivity contribution < 1.29 is 19.1 Å². The second kappa shape index (κ2) is 7.99. The molecule has 1 atom stereocenters. The molecule has 1 heterocycles. The Hall–Kier alpha value is -1.89. The van der Waals surface area contributed by atoms with Gasteiger partial charge in [-0.25, -0.2) is 4.79 Å². The summed E-state index contributed by atoms with van der Waals surface area (Å²) in [6, 6.07) is 0.00437. The fourth-order valence-electron chi connectivity index (χ4n) is 2.19. The number of anilines is 1. The second-order valence-corrected chi connectivity index (χ2v) is 8.15. The van der Waals surface area contributed by atoms with E-state index in [-0.39, 0.29) is 30.4 Å². The van der Waals surface area contributed by atoms with Gasteiger partial charge in [0.1, 0.15) is 5.00 Å². The van der Waals surface area contributed by atoms with Crippen LogP contribution in [0.25, 0.3) is 0 Å². The van der Waals surface area contributed by atoms with Gasteiger partial charge in [-0.1, -0.05) is 13.8 Å². The molecule has 7 heteroatoms. The number of thiophene rings is 1. The molecule has 0 saturated heterocycles. The van der Waals surface area contributed by atoms with Crippen LogP contribution in [0.15, 0.2) is 0 Å². The lowest BCUT2D eigenvalue weighted by Gasteiger charge is -2.17. The van der Waals surface area contributed by atoms with E-state index in [1.165, 1.54) is 11.3 Å². The van der Waals surface area contributed by atoms with E-state index >= 15 is 0 Å². The number of nitrogens with one attached hydrogen (secondary N) is 2. The van der Waals surface area contributed by atoms with E-state index in [4.69, 9.17) is 4.74 Å². The predicted molar refractivity (Wildman–Crippen MR) is 97.9 cm³/mol. The number of esters is 1. The SMILES string of the molecule is Cc1sc(NC(=O)C2CC2)c(C(=O)OCC(=O)NC(C)C(C)C)c1C. The maximum atomic E-state index is 12.4. The molecule has 0 spiro atoms. The first kappa shape index (κ1) is 19.4. The molecule has 1 aliphatic carbocycles. The lowest BCUT2D eigenvalue weighted by Crippen LogP contribution is -2.38. The van der Waals surface area contributed by atoms with Crippen LogP contribution in [-0.4, -0.2) is 30.4 Å². The Balaban J connectivity index is 2.00. The normalized spacial score (nSPS) is 15.0. The molecule has 1 saturated carbocycles. The van der Waals surface area contributed by atoms with Crippen LogP contribution in [0.5, 0.6) is 0 Å². The van der Waals surface area contributed by atoms with E-state index in [0.717, 1.165) is 23.3 Å². The Labute approximate surface area is 152 Å². The first-order valence-corrected chi connectivity index (χ1v) is 9.39. The standard InChI is InChI=1S/C18H26N2O4S/c1-9(2)11(4)19-14(21)8-24-18(23)15-10(3)12(5)25-17(15)20-16(22)13-6-7-13/h9,11,13H,6-8H2,1-5H3,(H,19,21)(H,20,22). The molecule has 138 valence electrons. The summed E-state index contributed by atoms with van der Waals surface area (Å²) in [7, 11) is 0. The highest BCUT2D eigenvalue weighted by Crippen LogP contribution is 2.36. The topological polar surface area (TPSA) is 84.5 Å². The molecule has 0 aromatic carbocycles. The fraction of sp³-hybridized carbons (Fsp3) is 0.611. The molecule has 1 aromatic heterocycles. The van der Waals surface area contributed by atoms with E-state index in [1.54, 1.807) is 0 Å². The van der Waals surface area contributed by atoms with Gasteiger partial charge in [-0.3, -0.25) is 9.59 Å². The number of carbonyl (C=O) groups excluding carboxylic acids is 3. The Morgan fingerprint density at radius 2 is 1.84 bits per heavy atom. The molecule has 2 rings (SSSR count). The smallest absolute Gasteiger partial charge is 0.341 e. The van der Waals surface area contributed by atoms with E-state index < -0.39 is 5.97 Å². The Morgan fingerprint density at radius 3 is 2.40 bits per heavy atom. The average molecular weight is 366 g/mol. The van der Waals surface area contributed by atoms with Gasteiger partial charge < -0.3 is 15.4 Å². The van der Waals surface area contributed by atoms with Crippen LogP contribution >= 0.6 is 11.3 Å². The highest BCUT2D eigenvalue weighted by atomic mass is 32.1. The first-order chi connectivity index (χ1) is 11.7. The zero-order chi connectivity index (χ0) is 18.7. The van der Waals surface area contributed by atoms with Crippen molar-refractivity contribution in [3.8, 4) is 0 Å². The molecule has 0 radical (unpaired) electrons. The van der Waals surface area contributed by atoms with Crippen molar-refractivity contribution in [3.63, 3.8) is 0 Å². The lowest BCUT2D eigenvalue weighted by molar-refractivity contribution is -0.125. The number of hydrogen-bond acceptors (Lipinski definition) is 5. The highest BCUT2D eigenvalue weighted by Gasteiger charge is 2.31. The molecule has 0 bridgehead atoms. The predicted octanol–water partition coefficient (Wildman–Crippen LogP) is 3.03. The monoisotopic (exact) mass is 366 g/mol. The zero-order valence-corrected chi connectivity index (χ0v) is 16.2. The van der Waals surface area contributed by atoms with Gasteiger partial charge in [0.15, 0.2) is 6.61 Å². The van der Waals surface area contributed by atoms with Crippen molar-refractivity contribution in [3.05, 3.63) is 16.0 Å². The molecule has 6 nitrogen and oxygen atoms in total. The maximum Gasteiger partial charge on any atom is 0.341 e. The third kappa shape index (κ3) is 5.04. The van der Waals surface area contributed by atoms with Crippen molar-refractivity contribution in [2.75, 3.05) is 11.9 Å². The molecule has 2 amide bonds. The summed E-state index contributed by atoms with van der Waals surface area (Å²) >= 11 is 1.36. The molecule has 25 heavy (non-hydrogen) atoms. The maximum absolute atomic E-state index is 12.4. The Bertz CT molecular complexity index is 677.